The Morgan fingerprint density at radius 3 is 1.35 bits per heavy atom. The fourth-order valence-electron chi connectivity index (χ4n) is 2.24. The topological polar surface area (TPSA) is 93.2 Å². The van der Waals surface area contributed by atoms with E-state index in [4.69, 9.17) is 9.47 Å². The summed E-state index contributed by atoms with van der Waals surface area (Å²) >= 11 is 0. The van der Waals surface area contributed by atoms with Crippen LogP contribution in [0.2, 0.25) is 0 Å². The van der Waals surface area contributed by atoms with Crippen molar-refractivity contribution in [1.82, 2.24) is 9.80 Å². The Morgan fingerprint density at radius 1 is 0.654 bits per heavy atom. The molecule has 0 unspecified atom stereocenters. The minimum Gasteiger partial charge on any atom is -0.410 e. The average Bonchev–Trinajstić information content (AvgIpc) is 2.64. The van der Waals surface area contributed by atoms with Gasteiger partial charge in [0.25, 0.3) is 11.8 Å². The van der Waals surface area contributed by atoms with Gasteiger partial charge >= 0.3 is 12.2 Å². The predicted octanol–water partition coefficient (Wildman–Crippen LogP) is 2.06. The highest BCUT2D eigenvalue weighted by molar-refractivity contribution is 6.07. The lowest BCUT2D eigenvalue weighted by Crippen LogP contribution is -2.58. The summed E-state index contributed by atoms with van der Waals surface area (Å²) in [5.41, 5.74) is 0. The van der Waals surface area contributed by atoms with Crippen LogP contribution < -0.4 is 9.47 Å². The summed E-state index contributed by atoms with van der Waals surface area (Å²) in [5, 5.41) is 0. The molecule has 132 valence electrons. The van der Waals surface area contributed by atoms with E-state index in [1.165, 1.54) is 24.3 Å². The van der Waals surface area contributed by atoms with Gasteiger partial charge < -0.3 is 9.47 Å². The van der Waals surface area contributed by atoms with E-state index in [9.17, 15) is 19.2 Å². The van der Waals surface area contributed by atoms with Crippen molar-refractivity contribution in [2.45, 2.75) is 0 Å². The summed E-state index contributed by atoms with van der Waals surface area (Å²) in [6.07, 6.45) is -1.96. The molecule has 4 amide bonds. The lowest BCUT2D eigenvalue weighted by atomic mass is 10.3. The maximum absolute atomic E-state index is 12.2. The highest BCUT2D eigenvalue weighted by Crippen LogP contribution is 2.15. The van der Waals surface area contributed by atoms with Crippen LogP contribution in [0.1, 0.15) is 0 Å². The minimum absolute atomic E-state index is 0.240. The lowest BCUT2D eigenvalue weighted by molar-refractivity contribution is -0.145. The smallest absolute Gasteiger partial charge is 0.410 e. The number of amides is 4. The Balaban J connectivity index is 1.63. The second-order valence-corrected chi connectivity index (χ2v) is 5.32. The van der Waals surface area contributed by atoms with Gasteiger partial charge in [0, 0.05) is 0 Å². The third kappa shape index (κ3) is 3.86. The van der Waals surface area contributed by atoms with Gasteiger partial charge in [-0.3, -0.25) is 9.59 Å². The summed E-state index contributed by atoms with van der Waals surface area (Å²) in [6.45, 7) is -1.21. The van der Waals surface area contributed by atoms with Crippen molar-refractivity contribution >= 4 is 24.0 Å². The molecule has 1 saturated heterocycles. The van der Waals surface area contributed by atoms with Crippen molar-refractivity contribution in [2.75, 3.05) is 13.1 Å². The molecule has 2 aromatic carbocycles. The van der Waals surface area contributed by atoms with Crippen LogP contribution in [-0.2, 0) is 9.59 Å². The molecule has 0 saturated carbocycles. The molecule has 2 aromatic rings. The van der Waals surface area contributed by atoms with E-state index in [2.05, 4.69) is 0 Å². The van der Waals surface area contributed by atoms with E-state index >= 15 is 0 Å². The van der Waals surface area contributed by atoms with E-state index in [0.717, 1.165) is 0 Å². The summed E-state index contributed by atoms with van der Waals surface area (Å²) < 4.78 is 10.1. The van der Waals surface area contributed by atoms with Crippen LogP contribution in [0.15, 0.2) is 60.7 Å². The molecule has 1 fully saturated rings. The van der Waals surface area contributed by atoms with Crippen LogP contribution in [0.4, 0.5) is 9.59 Å². The normalized spacial score (nSPS) is 14.2. The van der Waals surface area contributed by atoms with Crippen molar-refractivity contribution in [3.05, 3.63) is 60.7 Å². The maximum atomic E-state index is 12.2. The zero-order chi connectivity index (χ0) is 18.5. The monoisotopic (exact) mass is 354 g/mol. The van der Waals surface area contributed by atoms with E-state index in [1.807, 2.05) is 0 Å². The van der Waals surface area contributed by atoms with Crippen LogP contribution in [-0.4, -0.2) is 46.9 Å². The van der Waals surface area contributed by atoms with Crippen molar-refractivity contribution in [3.8, 4) is 11.5 Å². The van der Waals surface area contributed by atoms with E-state index in [-0.39, 0.29) is 11.5 Å². The molecule has 3 rings (SSSR count). The number of hydrogen-bond acceptors (Lipinski definition) is 6. The second-order valence-electron chi connectivity index (χ2n) is 5.32. The fourth-order valence-corrected chi connectivity index (χ4v) is 2.24. The second kappa shape index (κ2) is 7.47. The number of imide groups is 2. The van der Waals surface area contributed by atoms with Crippen LogP contribution >= 0.6 is 0 Å². The summed E-state index contributed by atoms with van der Waals surface area (Å²) in [7, 11) is 0. The first-order valence-corrected chi connectivity index (χ1v) is 7.69. The van der Waals surface area contributed by atoms with Gasteiger partial charge in [0.15, 0.2) is 0 Å². The number of nitrogens with zero attached hydrogens (tertiary/aromatic N) is 2. The Hall–Kier alpha value is -3.68. The molecule has 0 aliphatic carbocycles. The average molecular weight is 354 g/mol. The van der Waals surface area contributed by atoms with Crippen LogP contribution in [0, 0.1) is 0 Å². The zero-order valence-electron chi connectivity index (χ0n) is 13.5. The van der Waals surface area contributed by atoms with Crippen LogP contribution in [0.25, 0.3) is 0 Å². The van der Waals surface area contributed by atoms with E-state index < -0.39 is 37.1 Å². The number of hydrogen-bond donors (Lipinski definition) is 0. The zero-order valence-corrected chi connectivity index (χ0v) is 13.5. The Kier molecular flexibility index (Phi) is 4.93. The quantitative estimate of drug-likeness (QED) is 0.819. The molecule has 1 aliphatic heterocycles. The van der Waals surface area contributed by atoms with Gasteiger partial charge in [-0.1, -0.05) is 36.4 Å². The van der Waals surface area contributed by atoms with E-state index in [0.29, 0.717) is 9.80 Å². The molecule has 8 heteroatoms. The molecule has 26 heavy (non-hydrogen) atoms. The third-order valence-corrected chi connectivity index (χ3v) is 3.53. The number of carbonyl (C=O) groups is 4. The van der Waals surface area contributed by atoms with Crippen LogP contribution in [0.3, 0.4) is 0 Å². The van der Waals surface area contributed by atoms with Gasteiger partial charge in [0.05, 0.1) is 0 Å². The fraction of sp³-hybridized carbons (Fsp3) is 0.111. The first-order valence-electron chi connectivity index (χ1n) is 7.69. The van der Waals surface area contributed by atoms with Gasteiger partial charge in [0.1, 0.15) is 24.6 Å². The molecule has 0 spiro atoms. The number of ether oxygens (including phenoxy) is 2. The standard InChI is InChI=1S/C18H14N2O6/c21-15-12-20(18(24)26-14-9-5-2-6-10-14)16(22)11-19(15)17(23)25-13-7-3-1-4-8-13/h1-10H,11-12H2. The third-order valence-electron chi connectivity index (χ3n) is 3.53. The molecular weight excluding hydrogens is 340 g/mol. The molecular formula is C18H14N2O6. The lowest BCUT2D eigenvalue weighted by Gasteiger charge is -2.30. The largest absolute Gasteiger partial charge is 0.422 e. The van der Waals surface area contributed by atoms with Crippen molar-refractivity contribution < 1.29 is 28.7 Å². The molecule has 1 aliphatic rings. The number of carbonyl (C=O) groups excluding carboxylic acids is 4. The highest BCUT2D eigenvalue weighted by Gasteiger charge is 2.38. The number of para-hydroxylation sites is 2. The van der Waals surface area contributed by atoms with E-state index in [1.54, 1.807) is 36.4 Å². The Labute approximate surface area is 148 Å². The number of rotatable bonds is 2. The molecule has 0 atom stereocenters. The molecule has 1 heterocycles. The highest BCUT2D eigenvalue weighted by atomic mass is 16.6. The molecule has 0 bridgehead atoms. The number of benzene rings is 2. The van der Waals surface area contributed by atoms with Crippen molar-refractivity contribution in [1.29, 1.82) is 0 Å². The van der Waals surface area contributed by atoms with Gasteiger partial charge in [-0.25, -0.2) is 19.4 Å². The number of piperazine rings is 1. The summed E-state index contributed by atoms with van der Waals surface area (Å²) in [6, 6.07) is 16.3. The van der Waals surface area contributed by atoms with Crippen molar-refractivity contribution in [3.63, 3.8) is 0 Å². The Bertz CT molecular complexity index is 766. The summed E-state index contributed by atoms with van der Waals surface area (Å²) in [4.78, 5) is 49.8. The predicted molar refractivity (Wildman–Crippen MR) is 88.4 cm³/mol. The molecule has 0 aromatic heterocycles. The Morgan fingerprint density at radius 2 is 1.00 bits per heavy atom. The first-order chi connectivity index (χ1) is 12.5. The van der Waals surface area contributed by atoms with Gasteiger partial charge in [-0.15, -0.1) is 0 Å². The first kappa shape index (κ1) is 17.2. The van der Waals surface area contributed by atoms with Gasteiger partial charge in [-0.05, 0) is 24.3 Å². The molecule has 0 N–H and O–H groups in total. The van der Waals surface area contributed by atoms with Gasteiger partial charge in [-0.2, -0.15) is 0 Å². The summed E-state index contributed by atoms with van der Waals surface area (Å²) in [5.74, 6) is -1.00. The SMILES string of the molecule is O=C1CN(C(=O)Oc2ccccc2)C(=O)CN1C(=O)Oc1ccccc1. The maximum Gasteiger partial charge on any atom is 0.422 e. The van der Waals surface area contributed by atoms with Gasteiger partial charge in [0.2, 0.25) is 0 Å². The van der Waals surface area contributed by atoms with Crippen molar-refractivity contribution in [2.24, 2.45) is 0 Å². The van der Waals surface area contributed by atoms with Crippen LogP contribution in [0.5, 0.6) is 11.5 Å². The minimum atomic E-state index is -0.981. The molecule has 0 radical (unpaired) electrons. The molecule has 8 nitrogen and oxygen atoms in total.